The fraction of sp³-hybridized carbons (Fsp3) is 0.400. The van der Waals surface area contributed by atoms with E-state index in [0.717, 1.165) is 5.56 Å². The number of carboxylic acid groups (broad SMARTS) is 1. The van der Waals surface area contributed by atoms with Crippen molar-refractivity contribution in [3.63, 3.8) is 0 Å². The van der Waals surface area contributed by atoms with E-state index in [1.165, 1.54) is 0 Å². The Kier molecular flexibility index (Phi) is 4.87. The van der Waals surface area contributed by atoms with Gasteiger partial charge in [-0.2, -0.15) is 0 Å². The van der Waals surface area contributed by atoms with E-state index in [1.54, 1.807) is 12.4 Å². The number of aliphatic carboxylic acids is 1. The summed E-state index contributed by atoms with van der Waals surface area (Å²) in [7, 11) is 0. The number of amides is 1. The maximum atomic E-state index is 12.1. The van der Waals surface area contributed by atoms with Crippen LogP contribution in [0.3, 0.4) is 0 Å². The molecule has 0 fully saturated rings. The summed E-state index contributed by atoms with van der Waals surface area (Å²) in [6.45, 7) is 0.497. The van der Waals surface area contributed by atoms with E-state index in [9.17, 15) is 9.59 Å². The van der Waals surface area contributed by atoms with Gasteiger partial charge in [0.2, 0.25) is 5.91 Å². The van der Waals surface area contributed by atoms with Crippen LogP contribution in [0.25, 0.3) is 0 Å². The van der Waals surface area contributed by atoms with E-state index in [0.29, 0.717) is 25.8 Å². The average molecular weight is 274 g/mol. The maximum Gasteiger partial charge on any atom is 0.307 e. The first-order chi connectivity index (χ1) is 9.68. The lowest BCUT2D eigenvalue weighted by atomic mass is 9.82. The Morgan fingerprint density at radius 1 is 1.30 bits per heavy atom. The predicted molar refractivity (Wildman–Crippen MR) is 73.9 cm³/mol. The molecule has 0 saturated carbocycles. The van der Waals surface area contributed by atoms with Crippen molar-refractivity contribution in [2.24, 2.45) is 11.8 Å². The minimum Gasteiger partial charge on any atom is -0.481 e. The molecule has 2 N–H and O–H groups in total. The van der Waals surface area contributed by atoms with Crippen molar-refractivity contribution in [2.75, 3.05) is 6.54 Å². The first-order valence-corrected chi connectivity index (χ1v) is 6.73. The van der Waals surface area contributed by atoms with Crippen molar-refractivity contribution < 1.29 is 14.7 Å². The minimum atomic E-state index is -0.901. The number of hydrogen-bond acceptors (Lipinski definition) is 3. The van der Waals surface area contributed by atoms with Crippen LogP contribution in [0.4, 0.5) is 0 Å². The van der Waals surface area contributed by atoms with E-state index in [2.05, 4.69) is 10.3 Å². The van der Waals surface area contributed by atoms with Crippen LogP contribution < -0.4 is 5.32 Å². The Balaban J connectivity index is 1.85. The number of rotatable bonds is 5. The van der Waals surface area contributed by atoms with Gasteiger partial charge in [0, 0.05) is 18.9 Å². The number of nitrogens with one attached hydrogen (secondary N) is 1. The molecule has 20 heavy (non-hydrogen) atoms. The number of carbonyl (C=O) groups excluding carboxylic acids is 1. The molecule has 2 atom stereocenters. The van der Waals surface area contributed by atoms with Crippen LogP contribution in [0.1, 0.15) is 18.4 Å². The van der Waals surface area contributed by atoms with E-state index >= 15 is 0 Å². The first kappa shape index (κ1) is 14.2. The Morgan fingerprint density at radius 3 is 2.70 bits per heavy atom. The molecule has 1 aromatic rings. The second-order valence-corrected chi connectivity index (χ2v) is 4.90. The van der Waals surface area contributed by atoms with Crippen molar-refractivity contribution in [1.82, 2.24) is 10.3 Å². The van der Waals surface area contributed by atoms with Crippen molar-refractivity contribution in [2.45, 2.75) is 19.3 Å². The number of allylic oxidation sites excluding steroid dienone is 2. The molecule has 0 saturated heterocycles. The molecule has 1 aliphatic rings. The van der Waals surface area contributed by atoms with E-state index in [-0.39, 0.29) is 5.91 Å². The van der Waals surface area contributed by atoms with Crippen LogP contribution in [0, 0.1) is 11.8 Å². The maximum absolute atomic E-state index is 12.1. The smallest absolute Gasteiger partial charge is 0.307 e. The van der Waals surface area contributed by atoms with Gasteiger partial charge in [0.05, 0.1) is 11.8 Å². The molecule has 5 nitrogen and oxygen atoms in total. The van der Waals surface area contributed by atoms with Gasteiger partial charge in [-0.05, 0) is 30.9 Å². The van der Waals surface area contributed by atoms with Crippen LogP contribution in [0.5, 0.6) is 0 Å². The molecule has 2 rings (SSSR count). The highest BCUT2D eigenvalue weighted by molar-refractivity contribution is 5.85. The van der Waals surface area contributed by atoms with Gasteiger partial charge in [0.15, 0.2) is 0 Å². The Hall–Kier alpha value is -2.17. The zero-order valence-corrected chi connectivity index (χ0v) is 11.2. The van der Waals surface area contributed by atoms with Crippen molar-refractivity contribution in [3.8, 4) is 0 Å². The molecule has 0 radical (unpaired) electrons. The molecule has 0 unspecified atom stereocenters. The minimum absolute atomic E-state index is 0.175. The van der Waals surface area contributed by atoms with Gasteiger partial charge in [-0.15, -0.1) is 0 Å². The van der Waals surface area contributed by atoms with Gasteiger partial charge in [-0.3, -0.25) is 14.6 Å². The Bertz CT molecular complexity index is 499. The molecule has 0 aromatic carbocycles. The van der Waals surface area contributed by atoms with Gasteiger partial charge in [-0.1, -0.05) is 18.2 Å². The quantitative estimate of drug-likeness (QED) is 0.796. The number of hydrogen-bond donors (Lipinski definition) is 2. The normalized spacial score (nSPS) is 21.4. The largest absolute Gasteiger partial charge is 0.481 e. The highest BCUT2D eigenvalue weighted by atomic mass is 16.4. The lowest BCUT2D eigenvalue weighted by Gasteiger charge is -2.24. The summed E-state index contributed by atoms with van der Waals surface area (Å²) in [5.74, 6) is -2.16. The molecule has 1 heterocycles. The number of nitrogens with zero attached hydrogens (tertiary/aromatic N) is 1. The summed E-state index contributed by atoms with van der Waals surface area (Å²) in [4.78, 5) is 27.2. The third-order valence-corrected chi connectivity index (χ3v) is 3.52. The molecule has 0 aliphatic heterocycles. The molecule has 0 bridgehead atoms. The Morgan fingerprint density at radius 2 is 2.05 bits per heavy atom. The predicted octanol–water partition coefficient (Wildman–Crippen LogP) is 1.41. The fourth-order valence-electron chi connectivity index (χ4n) is 2.38. The summed E-state index contributed by atoms with van der Waals surface area (Å²) in [6, 6.07) is 3.80. The summed E-state index contributed by atoms with van der Waals surface area (Å²) < 4.78 is 0. The zero-order valence-electron chi connectivity index (χ0n) is 11.2. The number of pyridine rings is 1. The standard InChI is InChI=1S/C15H18N2O3/c18-14(12-5-1-2-6-13(12)15(19)20)17-9-7-11-4-3-8-16-10-11/h1-4,8,10,12-13H,5-7,9H2,(H,17,18)(H,19,20)/t12-,13+/m1/s1. The van der Waals surface area contributed by atoms with Gasteiger partial charge in [0.25, 0.3) is 0 Å². The summed E-state index contributed by atoms with van der Waals surface area (Å²) in [5.41, 5.74) is 1.05. The second kappa shape index (κ2) is 6.84. The van der Waals surface area contributed by atoms with Crippen LogP contribution in [0.15, 0.2) is 36.7 Å². The van der Waals surface area contributed by atoms with Gasteiger partial charge in [-0.25, -0.2) is 0 Å². The van der Waals surface area contributed by atoms with E-state index < -0.39 is 17.8 Å². The molecular formula is C15H18N2O3. The van der Waals surface area contributed by atoms with Crippen LogP contribution in [0.2, 0.25) is 0 Å². The average Bonchev–Trinajstić information content (AvgIpc) is 2.48. The highest BCUT2D eigenvalue weighted by Gasteiger charge is 2.33. The van der Waals surface area contributed by atoms with Gasteiger partial charge >= 0.3 is 5.97 Å². The number of carboxylic acids is 1. The summed E-state index contributed by atoms with van der Waals surface area (Å²) >= 11 is 0. The third kappa shape index (κ3) is 3.66. The first-order valence-electron chi connectivity index (χ1n) is 6.73. The van der Waals surface area contributed by atoms with Crippen LogP contribution in [-0.4, -0.2) is 28.5 Å². The van der Waals surface area contributed by atoms with Crippen LogP contribution >= 0.6 is 0 Å². The molecule has 1 amide bonds. The van der Waals surface area contributed by atoms with Crippen molar-refractivity contribution in [3.05, 3.63) is 42.2 Å². The summed E-state index contributed by atoms with van der Waals surface area (Å²) in [5, 5.41) is 12.0. The zero-order chi connectivity index (χ0) is 14.4. The molecule has 5 heteroatoms. The monoisotopic (exact) mass is 274 g/mol. The van der Waals surface area contributed by atoms with E-state index in [4.69, 9.17) is 5.11 Å². The lowest BCUT2D eigenvalue weighted by molar-refractivity contribution is -0.147. The highest BCUT2D eigenvalue weighted by Crippen LogP contribution is 2.25. The summed E-state index contributed by atoms with van der Waals surface area (Å²) in [6.07, 6.45) is 8.79. The van der Waals surface area contributed by atoms with Gasteiger partial charge in [0.1, 0.15) is 0 Å². The topological polar surface area (TPSA) is 79.3 Å². The van der Waals surface area contributed by atoms with Crippen molar-refractivity contribution in [1.29, 1.82) is 0 Å². The van der Waals surface area contributed by atoms with E-state index in [1.807, 2.05) is 24.3 Å². The molecule has 1 aromatic heterocycles. The molecule has 106 valence electrons. The van der Waals surface area contributed by atoms with Crippen molar-refractivity contribution >= 4 is 11.9 Å². The SMILES string of the molecule is O=C(O)[C@H]1CC=CC[C@H]1C(=O)NCCc1cccnc1. The number of aromatic nitrogens is 1. The molecule has 1 aliphatic carbocycles. The molecular weight excluding hydrogens is 256 g/mol. The Labute approximate surface area is 117 Å². The lowest BCUT2D eigenvalue weighted by Crippen LogP contribution is -2.39. The third-order valence-electron chi connectivity index (χ3n) is 3.52. The number of carbonyl (C=O) groups is 2. The van der Waals surface area contributed by atoms with Gasteiger partial charge < -0.3 is 10.4 Å². The second-order valence-electron chi connectivity index (χ2n) is 4.90. The van der Waals surface area contributed by atoms with Crippen LogP contribution in [-0.2, 0) is 16.0 Å². The fourth-order valence-corrected chi connectivity index (χ4v) is 2.38. The molecule has 0 spiro atoms.